The Hall–Kier alpha value is -6.00. The van der Waals surface area contributed by atoms with E-state index < -0.39 is 39.2 Å². The third kappa shape index (κ3) is 13.4. The third-order valence-corrected chi connectivity index (χ3v) is 32.8. The predicted molar refractivity (Wildman–Crippen MR) is 424 cm³/mol. The highest BCUT2D eigenvalue weighted by molar-refractivity contribution is 6.30. The van der Waals surface area contributed by atoms with Crippen molar-refractivity contribution in [3.8, 4) is 0 Å². The number of carboxylic acid groups (broad SMARTS) is 1. The number of ketones is 2. The first-order valence-electron chi connectivity index (χ1n) is 41.6. The summed E-state index contributed by atoms with van der Waals surface area (Å²) in [4.78, 5) is 79.7. The number of hydrogen-bond acceptors (Lipinski definition) is 15. The number of carbonyl (C=O) groups excluding carboxylic acids is 5. The van der Waals surface area contributed by atoms with E-state index in [4.69, 9.17) is 56.4 Å². The third-order valence-electron chi connectivity index (χ3n) is 32.3. The van der Waals surface area contributed by atoms with Crippen LogP contribution >= 0.6 is 23.2 Å². The summed E-state index contributed by atoms with van der Waals surface area (Å²) in [7, 11) is 0. The average Bonchev–Trinajstić information content (AvgIpc) is 1.14. The molecule has 0 unspecified atom stereocenters. The van der Waals surface area contributed by atoms with Gasteiger partial charge in [-0.15, -0.1) is 20.4 Å². The van der Waals surface area contributed by atoms with E-state index in [1.165, 1.54) is 11.1 Å². The van der Waals surface area contributed by atoms with E-state index in [2.05, 4.69) is 107 Å². The lowest BCUT2D eigenvalue weighted by Gasteiger charge is -2.72. The summed E-state index contributed by atoms with van der Waals surface area (Å²) in [5.41, 5.74) is 2.54. The molecule has 8 fully saturated rings. The molecule has 2 heterocycles. The first-order chi connectivity index (χ1) is 51.1. The van der Waals surface area contributed by atoms with Gasteiger partial charge in [-0.1, -0.05) is 144 Å². The highest BCUT2D eigenvalue weighted by Gasteiger charge is 2.74. The Morgan fingerprint density at radius 3 is 1.21 bits per heavy atom. The maximum atomic E-state index is 14.2. The Labute approximate surface area is 664 Å². The highest BCUT2D eigenvalue weighted by atomic mass is 35.5. The first-order valence-corrected chi connectivity index (χ1v) is 42.4. The number of aromatic nitrogens is 4. The van der Waals surface area contributed by atoms with Crippen molar-refractivity contribution >= 4 is 58.6 Å². The van der Waals surface area contributed by atoms with E-state index in [9.17, 15) is 33.9 Å². The summed E-state index contributed by atoms with van der Waals surface area (Å²) < 4.78 is 31.3. The molecule has 10 aliphatic rings. The maximum Gasteiger partial charge on any atom is 0.312 e. The molecule has 10 aliphatic carbocycles. The van der Waals surface area contributed by atoms with Crippen molar-refractivity contribution in [1.29, 1.82) is 0 Å². The van der Waals surface area contributed by atoms with E-state index in [1.54, 1.807) is 27.7 Å². The minimum absolute atomic E-state index is 0.0116. The summed E-state index contributed by atoms with van der Waals surface area (Å²) in [6, 6.07) is 15.4. The van der Waals surface area contributed by atoms with Crippen molar-refractivity contribution in [2.75, 3.05) is 0 Å². The van der Waals surface area contributed by atoms with Gasteiger partial charge in [0.25, 0.3) is 0 Å². The monoisotopic (exact) mass is 1550 g/mol. The first kappa shape index (κ1) is 82.0. The minimum atomic E-state index is -1.17. The van der Waals surface area contributed by atoms with Gasteiger partial charge >= 0.3 is 23.9 Å². The van der Waals surface area contributed by atoms with Gasteiger partial charge in [0.2, 0.25) is 23.6 Å². The smallest absolute Gasteiger partial charge is 0.312 e. The second kappa shape index (κ2) is 28.2. The largest absolute Gasteiger partial charge is 0.481 e. The molecule has 2 aromatic heterocycles. The Bertz CT molecular complexity index is 4340. The van der Waals surface area contributed by atoms with Crippen LogP contribution in [0.3, 0.4) is 0 Å². The number of carboxylic acids is 1. The zero-order chi connectivity index (χ0) is 80.2. The fourth-order valence-electron chi connectivity index (χ4n) is 26.4. The molecule has 2 aromatic carbocycles. The van der Waals surface area contributed by atoms with E-state index in [0.717, 1.165) is 125 Å². The lowest BCUT2D eigenvalue weighted by Crippen LogP contribution is -2.66. The highest BCUT2D eigenvalue weighted by Crippen LogP contribution is 2.79. The fraction of sp³-hybridized carbons (Fsp3) is 0.717. The number of esters is 3. The lowest BCUT2D eigenvalue weighted by atomic mass is 9.33. The van der Waals surface area contributed by atoms with Crippen LogP contribution in [-0.2, 0) is 66.6 Å². The number of benzene rings is 2. The van der Waals surface area contributed by atoms with Crippen molar-refractivity contribution in [3.05, 3.63) is 116 Å². The maximum absolute atomic E-state index is 14.2. The second-order valence-corrected chi connectivity index (χ2v) is 42.6. The molecular weight excluding hydrogens is 1420 g/mol. The molecule has 16 nitrogen and oxygen atoms in total. The van der Waals surface area contributed by atoms with E-state index in [-0.39, 0.29) is 116 Å². The second-order valence-electron chi connectivity index (χ2n) is 41.8. The average molecular weight is 1550 g/mol. The summed E-state index contributed by atoms with van der Waals surface area (Å²) >= 11 is 12.3. The van der Waals surface area contributed by atoms with E-state index in [1.807, 2.05) is 69.3 Å². The molecule has 16 atom stereocenters. The van der Waals surface area contributed by atoms with Crippen LogP contribution in [0.4, 0.5) is 0 Å². The Balaban J connectivity index is 0.000000194. The van der Waals surface area contributed by atoms with Crippen LogP contribution in [0.1, 0.15) is 309 Å². The van der Waals surface area contributed by atoms with Crippen LogP contribution in [0.5, 0.6) is 0 Å². The minimum Gasteiger partial charge on any atom is -0.481 e. The van der Waals surface area contributed by atoms with Crippen LogP contribution in [0, 0.1) is 101 Å². The molecule has 0 saturated heterocycles. The van der Waals surface area contributed by atoms with Crippen LogP contribution in [0.25, 0.3) is 0 Å². The van der Waals surface area contributed by atoms with Crippen LogP contribution in [-0.4, -0.2) is 78.8 Å². The number of ether oxygens (including phenoxy) is 3. The molecule has 0 spiro atoms. The van der Waals surface area contributed by atoms with Gasteiger partial charge < -0.3 is 28.2 Å². The molecule has 1 N–H and O–H groups in total. The van der Waals surface area contributed by atoms with Crippen LogP contribution in [0.2, 0.25) is 10.0 Å². The number of fused-ring (bicyclic) bond motifs is 14. The van der Waals surface area contributed by atoms with Crippen molar-refractivity contribution in [1.82, 2.24) is 20.4 Å². The fourth-order valence-corrected chi connectivity index (χ4v) is 26.7. The van der Waals surface area contributed by atoms with Crippen molar-refractivity contribution in [2.45, 2.75) is 315 Å². The summed E-state index contributed by atoms with van der Waals surface area (Å²) in [5, 5.41) is 29.5. The molecule has 14 rings (SSSR count). The van der Waals surface area contributed by atoms with Gasteiger partial charge in [-0.3, -0.25) is 28.8 Å². The predicted octanol–water partition coefficient (Wildman–Crippen LogP) is 21.2. The molecule has 0 bridgehead atoms. The van der Waals surface area contributed by atoms with Gasteiger partial charge in [0.1, 0.15) is 17.8 Å². The molecule has 0 radical (unpaired) electrons. The standard InChI is InChI=1S/C48H67ClN2O6.C44H59ClN2O6/c1-28(2)38-32(52)26-48(40-51-50-36(56-40)25-29-13-15-30(49)16-14-29)24-23-46(11)31(39(38)48)17-18-34-45(10)21-20-35(44(8,9)33(45)19-22-47(34,46)12)55-37(53)27-43(6,7)41(54)57-42(3,4)5;1-25(2)35-29(48)23-44(37-47-46-33(53-37)22-26-10-12-27(45)13-11-26)21-20-42(8)28(36(35)44)14-15-31-41(7)18-17-32(52-34(49)24-39(3,4)38(50)51)40(5,6)30(41)16-19-43(31,42)9/h13-16,28,31,33-35H,17-27H2,1-12H3;10-13,25,28,30-32H,14-24H2,1-9H3,(H,50,51)/t31-,33+,34-,35+,45+,46-,47-,48-;28-,30+,31-,32+,41+,42-,43-,44-/m11/s1. The van der Waals surface area contributed by atoms with Gasteiger partial charge in [-0.2, -0.15) is 0 Å². The summed E-state index contributed by atoms with van der Waals surface area (Å²) in [5.74, 6) is 3.15. The number of hydrogen-bond donors (Lipinski definition) is 1. The normalized spacial score (nSPS) is 35.6. The zero-order valence-corrected chi connectivity index (χ0v) is 71.4. The Morgan fingerprint density at radius 1 is 0.482 bits per heavy atom. The molecular formula is C92H126Cl2N4O12. The molecule has 0 aliphatic heterocycles. The van der Waals surface area contributed by atoms with E-state index in [0.29, 0.717) is 83.0 Å². The Morgan fingerprint density at radius 2 is 0.855 bits per heavy atom. The van der Waals surface area contributed by atoms with Crippen LogP contribution in [0.15, 0.2) is 79.7 Å². The molecule has 4 aromatic rings. The number of aliphatic carboxylic acids is 1. The topological polar surface area (TPSA) is 228 Å². The van der Waals surface area contributed by atoms with E-state index >= 15 is 0 Å². The van der Waals surface area contributed by atoms with Crippen molar-refractivity contribution in [3.63, 3.8) is 0 Å². The Kier molecular flexibility index (Phi) is 21.0. The van der Waals surface area contributed by atoms with Crippen LogP contribution < -0.4 is 0 Å². The number of rotatable bonds is 16. The quantitative estimate of drug-likeness (QED) is 0.0812. The molecule has 0 amide bonds. The molecule has 8 saturated carbocycles. The van der Waals surface area contributed by atoms with Gasteiger partial charge in [-0.05, 0) is 289 Å². The van der Waals surface area contributed by atoms with Gasteiger partial charge in [-0.25, -0.2) is 0 Å². The number of Topliss-reactive ketones (excluding diaryl/α,β-unsaturated/α-hetero) is 2. The zero-order valence-electron chi connectivity index (χ0n) is 69.9. The SMILES string of the molecule is CC(C)C1=C2[C@H]3CC[C@@H]4[C@@]5(C)CC[C@H](OC(=O)CC(C)(C)C(=O)O)C(C)(C)[C@@H]5CC[C@@]4(C)[C@]3(C)CC[C@@]2(c2nnc(Cc3ccc(Cl)cc3)o2)CC1=O.CC(C)C1=C2[C@H]3CC[C@@H]4[C@@]5(C)CC[C@H](OC(=O)CC(C)(C)C(=O)OC(C)(C)C)C(C)(C)[C@@H]5CC[C@@]4(C)[C@]3(C)CC[C@@]2(c2nnc(Cc3ccc(Cl)cc3)o2)CC1=O. The molecule has 600 valence electrons. The number of nitrogens with zero attached hydrogens (tertiary/aromatic N) is 4. The summed E-state index contributed by atoms with van der Waals surface area (Å²) in [6.45, 7) is 45.4. The van der Waals surface area contributed by atoms with Gasteiger partial charge in [0.05, 0.1) is 47.3 Å². The lowest BCUT2D eigenvalue weighted by molar-refractivity contribution is -0.232. The number of carbonyl (C=O) groups is 6. The molecule has 18 heteroatoms. The van der Waals surface area contributed by atoms with Crippen molar-refractivity contribution < 1.29 is 56.9 Å². The number of halogens is 2. The molecule has 110 heavy (non-hydrogen) atoms. The van der Waals surface area contributed by atoms with Gasteiger partial charge in [0.15, 0.2) is 11.6 Å². The van der Waals surface area contributed by atoms with Gasteiger partial charge in [0, 0.05) is 33.7 Å². The van der Waals surface area contributed by atoms with Crippen molar-refractivity contribution in [2.24, 2.45) is 101 Å². The number of allylic oxidation sites excluding steroid dienone is 4. The summed E-state index contributed by atoms with van der Waals surface area (Å²) in [6.07, 6.45) is 17.0.